The van der Waals surface area contributed by atoms with Crippen LogP contribution >= 0.6 is 0 Å². The van der Waals surface area contributed by atoms with Gasteiger partial charge >= 0.3 is 0 Å². The Balaban J connectivity index is 2.10. The third kappa shape index (κ3) is 2.54. The van der Waals surface area contributed by atoms with Gasteiger partial charge in [0.25, 0.3) is 0 Å². The minimum absolute atomic E-state index is 0.271. The number of imidazole rings is 1. The summed E-state index contributed by atoms with van der Waals surface area (Å²) < 4.78 is 15.4. The topological polar surface area (TPSA) is 43.6 Å². The van der Waals surface area contributed by atoms with Crippen molar-refractivity contribution in [1.29, 1.82) is 0 Å². The molecule has 0 amide bonds. The fourth-order valence-electron chi connectivity index (χ4n) is 2.21. The Morgan fingerprint density at radius 2 is 1.90 bits per heavy atom. The number of aryl methyl sites for hydroxylation is 2. The van der Waals surface area contributed by atoms with Crippen LogP contribution < -0.4 is 0 Å². The molecule has 2 aromatic heterocycles. The van der Waals surface area contributed by atoms with E-state index in [0.717, 1.165) is 29.1 Å². The average molecular weight is 282 g/mol. The van der Waals surface area contributed by atoms with E-state index in [1.807, 2.05) is 24.6 Å². The summed E-state index contributed by atoms with van der Waals surface area (Å²) in [5.41, 5.74) is 2.55. The third-order valence-electron chi connectivity index (χ3n) is 3.35. The van der Waals surface area contributed by atoms with Gasteiger partial charge in [0, 0.05) is 31.2 Å². The maximum Gasteiger partial charge on any atom is 0.147 e. The molecule has 0 N–H and O–H groups in total. The van der Waals surface area contributed by atoms with Crippen LogP contribution in [0.25, 0.3) is 17.1 Å². The maximum atomic E-state index is 13.5. The lowest BCUT2D eigenvalue weighted by atomic mass is 10.2. The second-order valence-corrected chi connectivity index (χ2v) is 4.79. The van der Waals surface area contributed by atoms with Gasteiger partial charge in [-0.15, -0.1) is 0 Å². The Hall–Kier alpha value is -2.56. The highest BCUT2D eigenvalue weighted by atomic mass is 19.1. The summed E-state index contributed by atoms with van der Waals surface area (Å²) in [4.78, 5) is 12.9. The van der Waals surface area contributed by atoms with Crippen molar-refractivity contribution >= 4 is 0 Å². The summed E-state index contributed by atoms with van der Waals surface area (Å²) in [6, 6.07) is 4.71. The predicted molar refractivity (Wildman–Crippen MR) is 78.7 cm³/mol. The molecule has 5 heteroatoms. The molecule has 0 aliphatic carbocycles. The van der Waals surface area contributed by atoms with Crippen LogP contribution in [0.3, 0.4) is 0 Å². The molecule has 0 fully saturated rings. The number of hydrogen-bond donors (Lipinski definition) is 0. The zero-order valence-electron chi connectivity index (χ0n) is 11.9. The number of nitrogens with zero attached hydrogens (tertiary/aromatic N) is 4. The Bertz CT molecular complexity index is 762. The molecule has 1 aromatic carbocycles. The van der Waals surface area contributed by atoms with E-state index in [-0.39, 0.29) is 5.82 Å². The smallest absolute Gasteiger partial charge is 0.147 e. The Kier molecular flexibility index (Phi) is 3.48. The van der Waals surface area contributed by atoms with Gasteiger partial charge < -0.3 is 0 Å². The van der Waals surface area contributed by atoms with Crippen LogP contribution in [0, 0.1) is 12.7 Å². The van der Waals surface area contributed by atoms with Gasteiger partial charge in [0.1, 0.15) is 17.5 Å². The van der Waals surface area contributed by atoms with E-state index < -0.39 is 0 Å². The monoisotopic (exact) mass is 282 g/mol. The first-order valence-electron chi connectivity index (χ1n) is 6.80. The molecular formula is C16H15FN4. The molecule has 106 valence electrons. The molecule has 21 heavy (non-hydrogen) atoms. The molecule has 0 aliphatic heterocycles. The van der Waals surface area contributed by atoms with E-state index in [4.69, 9.17) is 0 Å². The van der Waals surface area contributed by atoms with Crippen molar-refractivity contribution < 1.29 is 4.39 Å². The Morgan fingerprint density at radius 1 is 1.14 bits per heavy atom. The number of benzene rings is 1. The minimum Gasteiger partial charge on any atom is -0.299 e. The number of halogens is 1. The molecule has 4 nitrogen and oxygen atoms in total. The maximum absolute atomic E-state index is 13.5. The van der Waals surface area contributed by atoms with Gasteiger partial charge in [-0.05, 0) is 24.6 Å². The summed E-state index contributed by atoms with van der Waals surface area (Å²) in [6.07, 6.45) is 7.79. The average Bonchev–Trinajstić information content (AvgIpc) is 2.99. The fraction of sp³-hybridized carbons (Fsp3) is 0.188. The standard InChI is InChI=1S/C16H15FN4/c1-3-15-19-9-12(10-20-15)16-18-6-7-21(16)14-8-13(17)5-4-11(14)2/h4-10H,3H2,1-2H3. The molecular weight excluding hydrogens is 267 g/mol. The first-order valence-corrected chi connectivity index (χ1v) is 6.80. The van der Waals surface area contributed by atoms with Gasteiger partial charge in [0.2, 0.25) is 0 Å². The van der Waals surface area contributed by atoms with Gasteiger partial charge in [-0.25, -0.2) is 19.3 Å². The number of hydrogen-bond acceptors (Lipinski definition) is 3. The lowest BCUT2D eigenvalue weighted by Gasteiger charge is -2.11. The highest BCUT2D eigenvalue weighted by Gasteiger charge is 2.11. The largest absolute Gasteiger partial charge is 0.299 e. The molecule has 0 radical (unpaired) electrons. The number of aromatic nitrogens is 4. The van der Waals surface area contributed by atoms with E-state index in [1.54, 1.807) is 24.7 Å². The second-order valence-electron chi connectivity index (χ2n) is 4.79. The molecule has 0 atom stereocenters. The minimum atomic E-state index is -0.271. The summed E-state index contributed by atoms with van der Waals surface area (Å²) in [5, 5.41) is 0. The molecule has 0 saturated carbocycles. The van der Waals surface area contributed by atoms with Crippen LogP contribution in [-0.4, -0.2) is 19.5 Å². The Morgan fingerprint density at radius 3 is 2.62 bits per heavy atom. The summed E-state index contributed by atoms with van der Waals surface area (Å²) >= 11 is 0. The highest BCUT2D eigenvalue weighted by molar-refractivity contribution is 5.57. The molecule has 2 heterocycles. The van der Waals surface area contributed by atoms with Crippen LogP contribution in [0.2, 0.25) is 0 Å². The molecule has 0 aliphatic rings. The SMILES string of the molecule is CCc1ncc(-c2nccn2-c2cc(F)ccc2C)cn1. The lowest BCUT2D eigenvalue weighted by molar-refractivity contribution is 0.626. The van der Waals surface area contributed by atoms with Crippen molar-refractivity contribution in [1.82, 2.24) is 19.5 Å². The van der Waals surface area contributed by atoms with Crippen molar-refractivity contribution in [2.75, 3.05) is 0 Å². The molecule has 3 aromatic rings. The van der Waals surface area contributed by atoms with Crippen LogP contribution in [0.4, 0.5) is 4.39 Å². The van der Waals surface area contributed by atoms with E-state index >= 15 is 0 Å². The van der Waals surface area contributed by atoms with Crippen LogP contribution in [-0.2, 0) is 6.42 Å². The van der Waals surface area contributed by atoms with E-state index in [1.165, 1.54) is 12.1 Å². The number of rotatable bonds is 3. The molecule has 0 bridgehead atoms. The highest BCUT2D eigenvalue weighted by Crippen LogP contribution is 2.23. The summed E-state index contributed by atoms with van der Waals surface area (Å²) in [6.45, 7) is 3.95. The zero-order chi connectivity index (χ0) is 14.8. The third-order valence-corrected chi connectivity index (χ3v) is 3.35. The van der Waals surface area contributed by atoms with Gasteiger partial charge in [0.05, 0.1) is 11.3 Å². The molecule has 0 spiro atoms. The second kappa shape index (κ2) is 5.44. The quantitative estimate of drug-likeness (QED) is 0.740. The first-order chi connectivity index (χ1) is 10.2. The van der Waals surface area contributed by atoms with Crippen molar-refractivity contribution in [2.24, 2.45) is 0 Å². The van der Waals surface area contributed by atoms with Crippen LogP contribution in [0.1, 0.15) is 18.3 Å². The summed E-state index contributed by atoms with van der Waals surface area (Å²) in [5.74, 6) is 1.22. The van der Waals surface area contributed by atoms with Gasteiger partial charge in [-0.2, -0.15) is 0 Å². The van der Waals surface area contributed by atoms with Crippen molar-refractivity contribution in [3.8, 4) is 17.1 Å². The Labute approximate surface area is 122 Å². The van der Waals surface area contributed by atoms with Crippen molar-refractivity contribution in [2.45, 2.75) is 20.3 Å². The molecule has 3 rings (SSSR count). The van der Waals surface area contributed by atoms with Gasteiger partial charge in [-0.1, -0.05) is 13.0 Å². The predicted octanol–water partition coefficient (Wildman–Crippen LogP) is 3.34. The van der Waals surface area contributed by atoms with E-state index in [9.17, 15) is 4.39 Å². The van der Waals surface area contributed by atoms with Gasteiger partial charge in [0.15, 0.2) is 0 Å². The molecule has 0 saturated heterocycles. The van der Waals surface area contributed by atoms with Crippen LogP contribution in [0.5, 0.6) is 0 Å². The normalized spacial score (nSPS) is 10.8. The van der Waals surface area contributed by atoms with Crippen LogP contribution in [0.15, 0.2) is 43.0 Å². The zero-order valence-corrected chi connectivity index (χ0v) is 11.9. The van der Waals surface area contributed by atoms with Gasteiger partial charge in [-0.3, -0.25) is 4.57 Å². The van der Waals surface area contributed by atoms with Crippen molar-refractivity contribution in [3.63, 3.8) is 0 Å². The van der Waals surface area contributed by atoms with Crippen molar-refractivity contribution in [3.05, 3.63) is 60.2 Å². The van der Waals surface area contributed by atoms with E-state index in [2.05, 4.69) is 15.0 Å². The first kappa shape index (κ1) is 13.4. The molecule has 0 unspecified atom stereocenters. The summed E-state index contributed by atoms with van der Waals surface area (Å²) in [7, 11) is 0. The lowest BCUT2D eigenvalue weighted by Crippen LogP contribution is -2.01. The fourth-order valence-corrected chi connectivity index (χ4v) is 2.21. The van der Waals surface area contributed by atoms with E-state index in [0.29, 0.717) is 5.82 Å².